The zero-order valence-electron chi connectivity index (χ0n) is 17.5. The summed E-state index contributed by atoms with van der Waals surface area (Å²) < 4.78 is 0. The van der Waals surface area contributed by atoms with Crippen LogP contribution in [0.1, 0.15) is 76.6 Å². The Morgan fingerprint density at radius 2 is 1.68 bits per heavy atom. The summed E-state index contributed by atoms with van der Waals surface area (Å²) in [6, 6.07) is 4.99. The third-order valence-corrected chi connectivity index (χ3v) is 6.03. The minimum absolute atomic E-state index is 0.281. The van der Waals surface area contributed by atoms with Crippen LogP contribution in [0.4, 0.5) is 0 Å². The molecule has 0 saturated heterocycles. The van der Waals surface area contributed by atoms with E-state index >= 15 is 0 Å². The molecule has 0 heterocycles. The van der Waals surface area contributed by atoms with Crippen LogP contribution in [0.15, 0.2) is 36.4 Å². The number of benzene rings is 1. The lowest BCUT2D eigenvalue weighted by Crippen LogP contribution is -2.34. The second-order valence-electron chi connectivity index (χ2n) is 9.14. The molecule has 2 rings (SSSR count). The van der Waals surface area contributed by atoms with E-state index < -0.39 is 0 Å². The maximum absolute atomic E-state index is 3.81. The molecular weight excluding hydrogens is 302 g/mol. The first-order chi connectivity index (χ1) is 11.6. The van der Waals surface area contributed by atoms with Gasteiger partial charge in [-0.2, -0.15) is 0 Å². The predicted molar refractivity (Wildman–Crippen MR) is 111 cm³/mol. The summed E-state index contributed by atoms with van der Waals surface area (Å²) in [5, 5.41) is 0. The second-order valence-corrected chi connectivity index (χ2v) is 9.14. The zero-order chi connectivity index (χ0) is 18.8. The van der Waals surface area contributed by atoms with E-state index in [0.29, 0.717) is 5.41 Å². The van der Waals surface area contributed by atoms with Gasteiger partial charge in [-0.15, -0.1) is 0 Å². The SMILES string of the molecule is C=C/C=C(\C)CN(CC)Cc1cc2c(cc1C)C(C)(C)CCC2(C)C. The molecule has 0 unspecified atom stereocenters. The lowest BCUT2D eigenvalue weighted by atomic mass is 9.62. The maximum atomic E-state index is 3.81. The monoisotopic (exact) mass is 339 g/mol. The Morgan fingerprint density at radius 3 is 2.20 bits per heavy atom. The molecule has 0 radical (unpaired) electrons. The summed E-state index contributed by atoms with van der Waals surface area (Å²) in [7, 11) is 0. The van der Waals surface area contributed by atoms with Crippen molar-refractivity contribution in [3.63, 3.8) is 0 Å². The fourth-order valence-electron chi connectivity index (χ4n) is 4.06. The number of hydrogen-bond acceptors (Lipinski definition) is 1. The van der Waals surface area contributed by atoms with Gasteiger partial charge in [0.25, 0.3) is 0 Å². The molecule has 0 aliphatic heterocycles. The fraction of sp³-hybridized carbons (Fsp3) is 0.583. The molecule has 0 amide bonds. The van der Waals surface area contributed by atoms with E-state index in [1.165, 1.54) is 29.5 Å². The highest BCUT2D eigenvalue weighted by Gasteiger charge is 2.37. The Hall–Kier alpha value is -1.34. The summed E-state index contributed by atoms with van der Waals surface area (Å²) in [4.78, 5) is 2.52. The summed E-state index contributed by atoms with van der Waals surface area (Å²) in [5.74, 6) is 0. The number of aryl methyl sites for hydroxylation is 1. The van der Waals surface area contributed by atoms with Crippen LogP contribution < -0.4 is 0 Å². The molecule has 1 aromatic carbocycles. The summed E-state index contributed by atoms with van der Waals surface area (Å²) in [6.07, 6.45) is 6.55. The van der Waals surface area contributed by atoms with Gasteiger partial charge in [-0.3, -0.25) is 4.90 Å². The average Bonchev–Trinajstić information content (AvgIpc) is 2.52. The number of fused-ring (bicyclic) bond motifs is 1. The van der Waals surface area contributed by atoms with Crippen LogP contribution in [0, 0.1) is 6.92 Å². The summed E-state index contributed by atoms with van der Waals surface area (Å²) in [5.41, 5.74) is 8.00. The molecule has 0 N–H and O–H groups in total. The molecule has 1 nitrogen and oxygen atoms in total. The van der Waals surface area contributed by atoms with Crippen LogP contribution >= 0.6 is 0 Å². The number of likely N-dealkylation sites (N-methyl/N-ethyl adjacent to an activating group) is 1. The smallest absolute Gasteiger partial charge is 0.0239 e. The Bertz CT molecular complexity index is 661. The first kappa shape index (κ1) is 20.0. The molecule has 25 heavy (non-hydrogen) atoms. The minimum Gasteiger partial charge on any atom is -0.295 e. The van der Waals surface area contributed by atoms with Gasteiger partial charge >= 0.3 is 0 Å². The van der Waals surface area contributed by atoms with Crippen LogP contribution in [0.25, 0.3) is 0 Å². The van der Waals surface area contributed by atoms with Gasteiger partial charge in [0.05, 0.1) is 0 Å². The highest BCUT2D eigenvalue weighted by atomic mass is 15.1. The van der Waals surface area contributed by atoms with Crippen molar-refractivity contribution in [2.24, 2.45) is 0 Å². The highest BCUT2D eigenvalue weighted by molar-refractivity contribution is 5.47. The van der Waals surface area contributed by atoms with Crippen molar-refractivity contribution in [1.82, 2.24) is 4.90 Å². The molecule has 0 aromatic heterocycles. The van der Waals surface area contributed by atoms with Gasteiger partial charge < -0.3 is 0 Å². The molecule has 1 aliphatic rings. The second kappa shape index (κ2) is 7.50. The van der Waals surface area contributed by atoms with E-state index in [1.807, 2.05) is 6.08 Å². The van der Waals surface area contributed by atoms with Gasteiger partial charge in [0.15, 0.2) is 0 Å². The van der Waals surface area contributed by atoms with E-state index in [4.69, 9.17) is 0 Å². The van der Waals surface area contributed by atoms with E-state index in [0.717, 1.165) is 19.6 Å². The zero-order valence-corrected chi connectivity index (χ0v) is 17.5. The molecule has 138 valence electrons. The Kier molecular flexibility index (Phi) is 5.99. The standard InChI is InChI=1S/C24H37N/c1-9-11-18(3)16-25(10-2)17-20-15-22-21(14-19(20)4)23(5,6)12-13-24(22,7)8/h9,11,14-15H,1,10,12-13,16-17H2,2-8H3/b18-11+. The molecule has 0 atom stereocenters. The molecule has 1 aromatic rings. The van der Waals surface area contributed by atoms with Crippen LogP contribution in [0.2, 0.25) is 0 Å². The topological polar surface area (TPSA) is 3.24 Å². The van der Waals surface area contributed by atoms with Crippen molar-refractivity contribution in [1.29, 1.82) is 0 Å². The first-order valence-corrected chi connectivity index (χ1v) is 9.75. The van der Waals surface area contributed by atoms with Gasteiger partial charge in [-0.25, -0.2) is 0 Å². The highest BCUT2D eigenvalue weighted by Crippen LogP contribution is 2.46. The van der Waals surface area contributed by atoms with Gasteiger partial charge in [-0.05, 0) is 66.3 Å². The molecule has 0 saturated carbocycles. The van der Waals surface area contributed by atoms with Crippen molar-refractivity contribution in [3.05, 3.63) is 58.7 Å². The van der Waals surface area contributed by atoms with E-state index in [-0.39, 0.29) is 5.41 Å². The quantitative estimate of drug-likeness (QED) is 0.550. The molecule has 1 aliphatic carbocycles. The fourth-order valence-corrected chi connectivity index (χ4v) is 4.06. The normalized spacial score (nSPS) is 19.0. The van der Waals surface area contributed by atoms with Gasteiger partial charge in [0, 0.05) is 13.1 Å². The van der Waals surface area contributed by atoms with Crippen LogP contribution in [-0.2, 0) is 17.4 Å². The summed E-state index contributed by atoms with van der Waals surface area (Å²) >= 11 is 0. The number of hydrogen-bond donors (Lipinski definition) is 0. The molecule has 0 fully saturated rings. The van der Waals surface area contributed by atoms with Crippen molar-refractivity contribution >= 4 is 0 Å². The van der Waals surface area contributed by atoms with Crippen molar-refractivity contribution < 1.29 is 0 Å². The van der Waals surface area contributed by atoms with E-state index in [9.17, 15) is 0 Å². The molecule has 1 heteroatoms. The Morgan fingerprint density at radius 1 is 1.12 bits per heavy atom. The lowest BCUT2D eigenvalue weighted by Gasteiger charge is -2.42. The summed E-state index contributed by atoms with van der Waals surface area (Å²) in [6.45, 7) is 23.3. The lowest BCUT2D eigenvalue weighted by molar-refractivity contribution is 0.301. The third-order valence-electron chi connectivity index (χ3n) is 6.03. The maximum Gasteiger partial charge on any atom is 0.0239 e. The van der Waals surface area contributed by atoms with E-state index in [2.05, 4.69) is 78.2 Å². The van der Waals surface area contributed by atoms with E-state index in [1.54, 1.807) is 11.1 Å². The predicted octanol–water partition coefficient (Wildman–Crippen LogP) is 6.30. The molecular formula is C24H37N. The number of rotatable bonds is 6. The number of nitrogens with zero attached hydrogens (tertiary/aromatic N) is 1. The molecule has 0 spiro atoms. The van der Waals surface area contributed by atoms with Crippen molar-refractivity contribution in [3.8, 4) is 0 Å². The van der Waals surface area contributed by atoms with Crippen LogP contribution in [0.3, 0.4) is 0 Å². The number of allylic oxidation sites excluding steroid dienone is 2. The average molecular weight is 340 g/mol. The van der Waals surface area contributed by atoms with Gasteiger partial charge in [-0.1, -0.05) is 71.1 Å². The minimum atomic E-state index is 0.281. The van der Waals surface area contributed by atoms with Gasteiger partial charge in [0.1, 0.15) is 0 Å². The molecule has 0 bridgehead atoms. The van der Waals surface area contributed by atoms with Crippen molar-refractivity contribution in [2.75, 3.05) is 13.1 Å². The van der Waals surface area contributed by atoms with Gasteiger partial charge in [0.2, 0.25) is 0 Å². The third kappa shape index (κ3) is 4.44. The van der Waals surface area contributed by atoms with Crippen LogP contribution in [-0.4, -0.2) is 18.0 Å². The van der Waals surface area contributed by atoms with Crippen LogP contribution in [0.5, 0.6) is 0 Å². The Balaban J connectivity index is 2.37. The largest absolute Gasteiger partial charge is 0.295 e. The Labute approximate surface area is 155 Å². The first-order valence-electron chi connectivity index (χ1n) is 9.75. The van der Waals surface area contributed by atoms with Crippen molar-refractivity contribution in [2.45, 2.75) is 78.7 Å².